The third-order valence-electron chi connectivity index (χ3n) is 15.2. The molecule has 0 amide bonds. The molecule has 82 heavy (non-hydrogen) atoms. The Morgan fingerprint density at radius 2 is 0.695 bits per heavy atom. The SMILES string of the molecule is CC/C=C\C/C=C\C/C=C\C/C=C\C/C=C\C/C=C\CCCCCCCCCCCCCCCCCCCCCCCCC(=O)OC(COC(=O)CCCCCCCCCCCCCCCCCCC)COP(=O)([O-])OCC[N+](C)(C)C. The van der Waals surface area contributed by atoms with Gasteiger partial charge in [-0.25, -0.2) is 0 Å². The van der Waals surface area contributed by atoms with Crippen molar-refractivity contribution in [2.45, 2.75) is 328 Å². The van der Waals surface area contributed by atoms with Gasteiger partial charge >= 0.3 is 11.9 Å². The lowest BCUT2D eigenvalue weighted by Crippen LogP contribution is -2.37. The predicted octanol–water partition coefficient (Wildman–Crippen LogP) is 21.8. The Morgan fingerprint density at radius 1 is 0.390 bits per heavy atom. The molecule has 0 aromatic heterocycles. The fourth-order valence-corrected chi connectivity index (χ4v) is 10.7. The molecule has 0 fully saturated rings. The van der Waals surface area contributed by atoms with E-state index in [2.05, 4.69) is 86.8 Å². The number of phosphoric ester groups is 1. The summed E-state index contributed by atoms with van der Waals surface area (Å²) < 4.78 is 34.3. The highest BCUT2D eigenvalue weighted by molar-refractivity contribution is 7.45. The van der Waals surface area contributed by atoms with Gasteiger partial charge in [-0.15, -0.1) is 0 Å². The van der Waals surface area contributed by atoms with E-state index in [4.69, 9.17) is 18.5 Å². The number of hydrogen-bond acceptors (Lipinski definition) is 8. The zero-order valence-electron chi connectivity index (χ0n) is 54.4. The predicted molar refractivity (Wildman–Crippen MR) is 351 cm³/mol. The molecule has 0 aliphatic heterocycles. The van der Waals surface area contributed by atoms with E-state index in [9.17, 15) is 19.0 Å². The number of unbranched alkanes of at least 4 members (excludes halogenated alkanes) is 38. The lowest BCUT2D eigenvalue weighted by atomic mass is 10.0. The van der Waals surface area contributed by atoms with Crippen molar-refractivity contribution in [3.8, 4) is 0 Å². The molecule has 0 N–H and O–H groups in total. The molecule has 0 aromatic rings. The smallest absolute Gasteiger partial charge is 0.306 e. The van der Waals surface area contributed by atoms with E-state index in [1.165, 1.54) is 218 Å². The van der Waals surface area contributed by atoms with Gasteiger partial charge in [0.25, 0.3) is 7.82 Å². The van der Waals surface area contributed by atoms with Crippen LogP contribution in [0.1, 0.15) is 322 Å². The number of allylic oxidation sites excluding steroid dienone is 12. The molecule has 0 aliphatic carbocycles. The first kappa shape index (κ1) is 79.5. The largest absolute Gasteiger partial charge is 0.756 e. The minimum absolute atomic E-state index is 0.0287. The number of quaternary nitrogens is 1. The van der Waals surface area contributed by atoms with Gasteiger partial charge in [0.1, 0.15) is 19.8 Å². The minimum Gasteiger partial charge on any atom is -0.756 e. The number of likely N-dealkylation sites (N-methyl/N-ethyl adjacent to an activating group) is 1. The maximum atomic E-state index is 12.8. The molecule has 0 bridgehead atoms. The van der Waals surface area contributed by atoms with E-state index in [0.717, 1.165) is 70.6 Å². The van der Waals surface area contributed by atoms with E-state index in [0.29, 0.717) is 17.4 Å². The Hall–Kier alpha value is -2.55. The number of hydrogen-bond donors (Lipinski definition) is 0. The lowest BCUT2D eigenvalue weighted by molar-refractivity contribution is -0.870. The van der Waals surface area contributed by atoms with Crippen LogP contribution in [0.2, 0.25) is 0 Å². The van der Waals surface area contributed by atoms with E-state index in [1.807, 2.05) is 21.1 Å². The van der Waals surface area contributed by atoms with E-state index < -0.39 is 26.5 Å². The summed E-state index contributed by atoms with van der Waals surface area (Å²) in [6.45, 7) is 4.17. The Kier molecular flexibility index (Phi) is 61.0. The minimum atomic E-state index is -4.64. The van der Waals surface area contributed by atoms with Crippen molar-refractivity contribution in [1.29, 1.82) is 0 Å². The highest BCUT2D eigenvalue weighted by Gasteiger charge is 2.22. The molecule has 0 heterocycles. The second-order valence-electron chi connectivity index (χ2n) is 24.5. The molecule has 478 valence electrons. The van der Waals surface area contributed by atoms with Gasteiger partial charge in [0.15, 0.2) is 6.10 Å². The molecule has 0 spiro atoms. The van der Waals surface area contributed by atoms with Gasteiger partial charge in [-0.2, -0.15) is 0 Å². The Labute approximate surface area is 508 Å². The summed E-state index contributed by atoms with van der Waals surface area (Å²) in [5.74, 6) is -0.815. The molecule has 0 aromatic carbocycles. The third kappa shape index (κ3) is 66.6. The molecule has 9 nitrogen and oxygen atoms in total. The van der Waals surface area contributed by atoms with Crippen LogP contribution >= 0.6 is 7.82 Å². The summed E-state index contributed by atoms with van der Waals surface area (Å²) in [5, 5.41) is 0. The molecule has 0 radical (unpaired) electrons. The summed E-state index contributed by atoms with van der Waals surface area (Å²) in [7, 11) is 1.18. The first-order valence-corrected chi connectivity index (χ1v) is 36.1. The highest BCUT2D eigenvalue weighted by Crippen LogP contribution is 2.38. The van der Waals surface area contributed by atoms with Gasteiger partial charge in [0.2, 0.25) is 0 Å². The zero-order chi connectivity index (χ0) is 59.8. The van der Waals surface area contributed by atoms with Gasteiger partial charge in [-0.05, 0) is 64.2 Å². The average Bonchev–Trinajstić information content (AvgIpc) is 3.45. The van der Waals surface area contributed by atoms with Crippen molar-refractivity contribution in [1.82, 2.24) is 0 Å². The summed E-state index contributed by atoms with van der Waals surface area (Å²) >= 11 is 0. The number of carbonyl (C=O) groups is 2. The Bertz CT molecular complexity index is 1610. The van der Waals surface area contributed by atoms with Crippen LogP contribution < -0.4 is 4.89 Å². The third-order valence-corrected chi connectivity index (χ3v) is 16.2. The molecular weight excluding hydrogens is 1040 g/mol. The second kappa shape index (κ2) is 63.0. The monoisotopic (exact) mass is 1170 g/mol. The summed E-state index contributed by atoms with van der Waals surface area (Å²) in [6, 6.07) is 0. The van der Waals surface area contributed by atoms with Crippen molar-refractivity contribution in [2.24, 2.45) is 0 Å². The van der Waals surface area contributed by atoms with Crippen LogP contribution in [-0.4, -0.2) is 70.0 Å². The quantitative estimate of drug-likeness (QED) is 0.0195. The van der Waals surface area contributed by atoms with Crippen LogP contribution in [0.5, 0.6) is 0 Å². The van der Waals surface area contributed by atoms with Crippen molar-refractivity contribution < 1.29 is 42.1 Å². The van der Waals surface area contributed by atoms with Crippen molar-refractivity contribution in [3.05, 3.63) is 72.9 Å². The number of ether oxygens (including phenoxy) is 2. The summed E-state index contributed by atoms with van der Waals surface area (Å²) in [4.78, 5) is 38.0. The molecule has 10 heteroatoms. The number of rotatable bonds is 64. The zero-order valence-corrected chi connectivity index (χ0v) is 55.3. The van der Waals surface area contributed by atoms with Gasteiger partial charge in [0, 0.05) is 12.8 Å². The van der Waals surface area contributed by atoms with Crippen LogP contribution in [0.3, 0.4) is 0 Å². The first-order valence-electron chi connectivity index (χ1n) is 34.6. The number of nitrogens with zero attached hydrogens (tertiary/aromatic N) is 1. The maximum absolute atomic E-state index is 12.8. The van der Waals surface area contributed by atoms with E-state index in [-0.39, 0.29) is 32.0 Å². The highest BCUT2D eigenvalue weighted by atomic mass is 31.2. The van der Waals surface area contributed by atoms with Crippen LogP contribution in [0.25, 0.3) is 0 Å². The van der Waals surface area contributed by atoms with Crippen LogP contribution in [0.15, 0.2) is 72.9 Å². The second-order valence-corrected chi connectivity index (χ2v) is 25.9. The lowest BCUT2D eigenvalue weighted by Gasteiger charge is -2.28. The number of esters is 2. The maximum Gasteiger partial charge on any atom is 0.306 e. The van der Waals surface area contributed by atoms with E-state index >= 15 is 0 Å². The van der Waals surface area contributed by atoms with Gasteiger partial charge in [0.05, 0.1) is 27.7 Å². The number of carbonyl (C=O) groups excluding carboxylic acids is 2. The standard InChI is InChI=1S/C72H132NO8P/c1-6-8-10-12-14-16-18-20-22-24-25-26-27-28-29-30-31-32-33-34-35-36-37-38-39-40-41-42-43-44-45-46-47-49-51-53-55-57-59-61-63-65-72(75)81-70(69-80-82(76,77)79-67-66-73(3,4)5)68-78-71(74)64-62-60-58-56-54-52-50-48-23-21-19-17-15-13-11-9-7-2/h8,10,14,16,20,22,25-26,28-29,31-32,70H,6-7,9,11-13,15,17-19,21,23-24,27,30,33-69H2,1-5H3/b10-8-,16-14-,22-20-,26-25-,29-28-,32-31-. The van der Waals surface area contributed by atoms with Crippen molar-refractivity contribution in [2.75, 3.05) is 47.5 Å². The fraction of sp³-hybridized carbons (Fsp3) is 0.806. The average molecular weight is 1170 g/mol. The topological polar surface area (TPSA) is 111 Å². The first-order chi connectivity index (χ1) is 40.0. The van der Waals surface area contributed by atoms with E-state index in [1.54, 1.807) is 0 Å². The normalized spacial score (nSPS) is 13.6. The molecular formula is C72H132NO8P. The van der Waals surface area contributed by atoms with Crippen LogP contribution in [-0.2, 0) is 32.7 Å². The molecule has 0 saturated heterocycles. The van der Waals surface area contributed by atoms with Gasteiger partial charge < -0.3 is 27.9 Å². The fourth-order valence-electron chi connectivity index (χ4n) is 9.96. The van der Waals surface area contributed by atoms with Gasteiger partial charge in [-0.1, -0.05) is 318 Å². The number of phosphoric acid groups is 1. The van der Waals surface area contributed by atoms with Gasteiger partial charge in [-0.3, -0.25) is 14.2 Å². The molecule has 0 aliphatic rings. The summed E-state index contributed by atoms with van der Waals surface area (Å²) in [5.41, 5.74) is 0. The Morgan fingerprint density at radius 3 is 1.04 bits per heavy atom. The molecule has 0 saturated carbocycles. The Balaban J connectivity index is 3.91. The molecule has 2 unspecified atom stereocenters. The molecule has 0 rings (SSSR count). The summed E-state index contributed by atoms with van der Waals surface area (Å²) in [6.07, 6.45) is 84.2. The van der Waals surface area contributed by atoms with Crippen LogP contribution in [0.4, 0.5) is 0 Å². The molecule has 2 atom stereocenters. The van der Waals surface area contributed by atoms with Crippen LogP contribution in [0, 0.1) is 0 Å². The van der Waals surface area contributed by atoms with Crippen molar-refractivity contribution >= 4 is 19.8 Å². The van der Waals surface area contributed by atoms with Crippen molar-refractivity contribution in [3.63, 3.8) is 0 Å².